The van der Waals surface area contributed by atoms with E-state index < -0.39 is 0 Å². The number of aromatic nitrogens is 4. The van der Waals surface area contributed by atoms with Gasteiger partial charge in [0.05, 0.1) is 17.2 Å². The first-order valence-corrected chi connectivity index (χ1v) is 10.2. The summed E-state index contributed by atoms with van der Waals surface area (Å²) in [5.74, 6) is 2.16. The minimum Gasteiger partial charge on any atom is -0.368 e. The van der Waals surface area contributed by atoms with Crippen LogP contribution in [0.25, 0.3) is 10.9 Å². The lowest BCUT2D eigenvalue weighted by molar-refractivity contribution is -0.121. The van der Waals surface area contributed by atoms with Crippen LogP contribution in [0.5, 0.6) is 0 Å². The van der Waals surface area contributed by atoms with Gasteiger partial charge in [-0.05, 0) is 31.9 Å². The zero-order valence-corrected chi connectivity index (χ0v) is 17.0. The number of benzene rings is 1. The van der Waals surface area contributed by atoms with Gasteiger partial charge in [-0.15, -0.1) is 0 Å². The first-order chi connectivity index (χ1) is 14.6. The molecule has 1 aliphatic heterocycles. The van der Waals surface area contributed by atoms with E-state index in [9.17, 15) is 9.59 Å². The fourth-order valence-electron chi connectivity index (χ4n) is 3.57. The molecule has 0 bridgehead atoms. The van der Waals surface area contributed by atoms with Gasteiger partial charge < -0.3 is 15.5 Å². The lowest BCUT2D eigenvalue weighted by atomic mass is 10.2. The molecule has 0 unspecified atom stereocenters. The fraction of sp³-hybridized carbons (Fsp3) is 0.381. The van der Waals surface area contributed by atoms with Gasteiger partial charge in [-0.3, -0.25) is 14.2 Å². The molecule has 3 heterocycles. The van der Waals surface area contributed by atoms with Gasteiger partial charge in [-0.1, -0.05) is 12.1 Å². The Morgan fingerprint density at radius 1 is 1.13 bits per heavy atom. The molecule has 156 valence electrons. The number of anilines is 2. The van der Waals surface area contributed by atoms with Crippen LogP contribution in [0.1, 0.15) is 18.7 Å². The van der Waals surface area contributed by atoms with E-state index in [2.05, 4.69) is 30.5 Å². The lowest BCUT2D eigenvalue weighted by Gasteiger charge is -2.17. The van der Waals surface area contributed by atoms with E-state index in [-0.39, 0.29) is 18.0 Å². The minimum atomic E-state index is -0.243. The first kappa shape index (κ1) is 19.8. The molecule has 0 saturated carbocycles. The van der Waals surface area contributed by atoms with Crippen molar-refractivity contribution < 1.29 is 4.79 Å². The average molecular weight is 407 g/mol. The molecule has 2 N–H and O–H groups in total. The summed E-state index contributed by atoms with van der Waals surface area (Å²) >= 11 is 0. The Bertz CT molecular complexity index is 1110. The summed E-state index contributed by atoms with van der Waals surface area (Å²) < 4.78 is 1.32. The van der Waals surface area contributed by atoms with E-state index in [0.717, 1.165) is 24.7 Å². The first-order valence-electron chi connectivity index (χ1n) is 10.2. The number of fused-ring (bicyclic) bond motifs is 1. The summed E-state index contributed by atoms with van der Waals surface area (Å²) in [6.07, 6.45) is 3.79. The molecule has 9 heteroatoms. The molecule has 1 aromatic carbocycles. The molecule has 30 heavy (non-hydrogen) atoms. The third kappa shape index (κ3) is 4.56. The van der Waals surface area contributed by atoms with Gasteiger partial charge in [0.25, 0.3) is 5.56 Å². The largest absolute Gasteiger partial charge is 0.368 e. The molecule has 1 saturated heterocycles. The number of nitrogens with zero attached hydrogens (tertiary/aromatic N) is 5. The van der Waals surface area contributed by atoms with Crippen molar-refractivity contribution in [1.29, 1.82) is 0 Å². The second-order valence-corrected chi connectivity index (χ2v) is 7.32. The molecule has 9 nitrogen and oxygen atoms in total. The SMILES string of the molecule is Cc1nc(NCCNC(=O)Cn2cnc3ccccc3c2=O)cc(N2CCCC2)n1. The van der Waals surface area contributed by atoms with E-state index in [1.165, 1.54) is 23.7 Å². The number of aryl methyl sites for hydroxylation is 1. The molecule has 0 radical (unpaired) electrons. The van der Waals surface area contributed by atoms with E-state index in [0.29, 0.717) is 29.8 Å². The van der Waals surface area contributed by atoms with Crippen LogP contribution in [0.4, 0.5) is 11.6 Å². The Kier molecular flexibility index (Phi) is 5.87. The minimum absolute atomic E-state index is 0.0671. The quantitative estimate of drug-likeness (QED) is 0.569. The molecular formula is C21H25N7O2. The summed E-state index contributed by atoms with van der Waals surface area (Å²) in [6.45, 7) is 4.79. The van der Waals surface area contributed by atoms with Gasteiger partial charge in [0.15, 0.2) is 0 Å². The van der Waals surface area contributed by atoms with Gasteiger partial charge in [-0.2, -0.15) is 0 Å². The van der Waals surface area contributed by atoms with Crippen molar-refractivity contribution in [2.45, 2.75) is 26.3 Å². The summed E-state index contributed by atoms with van der Waals surface area (Å²) in [6, 6.07) is 9.04. The van der Waals surface area contributed by atoms with Gasteiger partial charge in [-0.25, -0.2) is 15.0 Å². The molecule has 0 spiro atoms. The predicted octanol–water partition coefficient (Wildman–Crippen LogP) is 1.32. The summed E-state index contributed by atoms with van der Waals surface area (Å²) in [4.78, 5) is 40.1. The number of amides is 1. The van der Waals surface area contributed by atoms with E-state index in [1.54, 1.807) is 18.2 Å². The number of hydrogen-bond donors (Lipinski definition) is 2. The second-order valence-electron chi connectivity index (χ2n) is 7.32. The molecule has 0 aliphatic carbocycles. The van der Waals surface area contributed by atoms with Crippen molar-refractivity contribution in [2.75, 3.05) is 36.4 Å². The number of nitrogens with one attached hydrogen (secondary N) is 2. The standard InChI is InChI=1S/C21H25N7O2/c1-15-25-18(12-19(26-15)27-10-4-5-11-27)22-8-9-23-20(29)13-28-14-24-17-7-3-2-6-16(17)21(28)30/h2-3,6-7,12,14H,4-5,8-11,13H2,1H3,(H,23,29)(H,22,25,26). The predicted molar refractivity (Wildman–Crippen MR) is 116 cm³/mol. The van der Waals surface area contributed by atoms with Crippen molar-refractivity contribution in [3.05, 3.63) is 52.8 Å². The van der Waals surface area contributed by atoms with Crippen LogP contribution < -0.4 is 21.1 Å². The molecule has 1 fully saturated rings. The van der Waals surface area contributed by atoms with Crippen molar-refractivity contribution in [2.24, 2.45) is 0 Å². The molecular weight excluding hydrogens is 382 g/mol. The summed E-state index contributed by atoms with van der Waals surface area (Å²) in [7, 11) is 0. The van der Waals surface area contributed by atoms with Crippen LogP contribution in [0.15, 0.2) is 41.5 Å². The van der Waals surface area contributed by atoms with Crippen molar-refractivity contribution >= 4 is 28.4 Å². The third-order valence-corrected chi connectivity index (χ3v) is 5.05. The van der Waals surface area contributed by atoms with E-state index in [1.807, 2.05) is 19.1 Å². The molecule has 1 amide bonds. The molecule has 3 aromatic rings. The number of para-hydroxylation sites is 1. The number of carbonyl (C=O) groups excluding carboxylic acids is 1. The highest BCUT2D eigenvalue weighted by Crippen LogP contribution is 2.20. The van der Waals surface area contributed by atoms with Crippen LogP contribution >= 0.6 is 0 Å². The molecule has 0 atom stereocenters. The maximum atomic E-state index is 12.5. The highest BCUT2D eigenvalue weighted by molar-refractivity contribution is 5.78. The zero-order chi connectivity index (χ0) is 20.9. The summed E-state index contributed by atoms with van der Waals surface area (Å²) in [5, 5.41) is 6.55. The highest BCUT2D eigenvalue weighted by Gasteiger charge is 2.15. The van der Waals surface area contributed by atoms with Crippen LogP contribution in [0, 0.1) is 6.92 Å². The lowest BCUT2D eigenvalue weighted by Crippen LogP contribution is -2.35. The molecule has 2 aromatic heterocycles. The van der Waals surface area contributed by atoms with Crippen LogP contribution in [0.2, 0.25) is 0 Å². The maximum absolute atomic E-state index is 12.5. The van der Waals surface area contributed by atoms with Crippen LogP contribution in [-0.2, 0) is 11.3 Å². The molecule has 1 aliphatic rings. The third-order valence-electron chi connectivity index (χ3n) is 5.05. The van der Waals surface area contributed by atoms with Gasteiger partial charge in [0.2, 0.25) is 5.91 Å². The maximum Gasteiger partial charge on any atom is 0.261 e. The van der Waals surface area contributed by atoms with Gasteiger partial charge in [0.1, 0.15) is 24.0 Å². The highest BCUT2D eigenvalue weighted by atomic mass is 16.2. The Hall–Kier alpha value is -3.49. The topological polar surface area (TPSA) is 105 Å². The van der Waals surface area contributed by atoms with Crippen molar-refractivity contribution in [1.82, 2.24) is 24.8 Å². The number of carbonyl (C=O) groups is 1. The number of hydrogen-bond acceptors (Lipinski definition) is 7. The molecule has 4 rings (SSSR count). The monoisotopic (exact) mass is 407 g/mol. The van der Waals surface area contributed by atoms with Crippen LogP contribution in [0.3, 0.4) is 0 Å². The number of rotatable bonds is 7. The Labute approximate surface area is 174 Å². The smallest absolute Gasteiger partial charge is 0.261 e. The van der Waals surface area contributed by atoms with Gasteiger partial charge >= 0.3 is 0 Å². The van der Waals surface area contributed by atoms with E-state index in [4.69, 9.17) is 0 Å². The normalized spacial score (nSPS) is 13.6. The van der Waals surface area contributed by atoms with E-state index >= 15 is 0 Å². The Balaban J connectivity index is 1.29. The second kappa shape index (κ2) is 8.89. The van der Waals surface area contributed by atoms with Crippen molar-refractivity contribution in [3.8, 4) is 0 Å². The van der Waals surface area contributed by atoms with Crippen LogP contribution in [-0.4, -0.2) is 51.6 Å². The Morgan fingerprint density at radius 3 is 2.77 bits per heavy atom. The average Bonchev–Trinajstić information content (AvgIpc) is 3.28. The fourth-order valence-corrected chi connectivity index (χ4v) is 3.57. The summed E-state index contributed by atoms with van der Waals surface area (Å²) in [5.41, 5.74) is 0.400. The van der Waals surface area contributed by atoms with Crippen molar-refractivity contribution in [3.63, 3.8) is 0 Å². The van der Waals surface area contributed by atoms with Gasteiger partial charge in [0, 0.05) is 32.2 Å². The zero-order valence-electron chi connectivity index (χ0n) is 17.0. The Morgan fingerprint density at radius 2 is 1.93 bits per heavy atom.